The van der Waals surface area contributed by atoms with Crippen molar-refractivity contribution in [3.05, 3.63) is 35.4 Å². The lowest BCUT2D eigenvalue weighted by atomic mass is 10.0. The van der Waals surface area contributed by atoms with Crippen molar-refractivity contribution in [1.82, 2.24) is 10.2 Å². The summed E-state index contributed by atoms with van der Waals surface area (Å²) in [7, 11) is 0. The maximum atomic E-state index is 12.9. The Kier molecular flexibility index (Phi) is 7.32. The van der Waals surface area contributed by atoms with E-state index in [4.69, 9.17) is 0 Å². The maximum absolute atomic E-state index is 12.9. The fourth-order valence-corrected chi connectivity index (χ4v) is 3.64. The number of amides is 2. The van der Waals surface area contributed by atoms with E-state index in [-0.39, 0.29) is 30.4 Å². The maximum Gasteiger partial charge on any atom is 0.255 e. The summed E-state index contributed by atoms with van der Waals surface area (Å²) in [5.74, 6) is 0.899. The summed E-state index contributed by atoms with van der Waals surface area (Å²) in [6, 6.07) is 6.74. The van der Waals surface area contributed by atoms with Gasteiger partial charge in [0, 0.05) is 12.1 Å². The summed E-state index contributed by atoms with van der Waals surface area (Å²) in [6.07, 6.45) is 3.32. The van der Waals surface area contributed by atoms with E-state index in [9.17, 15) is 14.7 Å². The van der Waals surface area contributed by atoms with Crippen LogP contribution in [-0.2, 0) is 11.3 Å². The monoisotopic (exact) mass is 364 g/mol. The second kappa shape index (κ2) is 9.25. The van der Waals surface area contributed by atoms with Gasteiger partial charge in [-0.1, -0.05) is 32.0 Å². The van der Waals surface area contributed by atoms with Crippen LogP contribution >= 0.6 is 11.8 Å². The van der Waals surface area contributed by atoms with E-state index in [0.717, 1.165) is 11.3 Å². The molecule has 0 saturated heterocycles. The molecule has 0 fully saturated rings. The molecule has 25 heavy (non-hydrogen) atoms. The van der Waals surface area contributed by atoms with Crippen LogP contribution in [0.15, 0.2) is 24.3 Å². The Morgan fingerprint density at radius 2 is 2.08 bits per heavy atom. The minimum atomic E-state index is -0.511. The molecule has 1 aliphatic rings. The number of aliphatic hydroxyl groups excluding tert-OH is 1. The standard InChI is InChI=1S/C19H28N2O3S/c1-13(2)10-17(18(23)20-15(12-22)8-9-25-3)21-11-14-6-4-5-7-16(14)19(21)24/h4-7,13,15,17,22H,8-12H2,1-3H3,(H,20,23). The number of fused-ring (bicyclic) bond motifs is 1. The number of carbonyl (C=O) groups is 2. The van der Waals surface area contributed by atoms with E-state index < -0.39 is 6.04 Å². The number of hydrogen-bond acceptors (Lipinski definition) is 4. The topological polar surface area (TPSA) is 69.6 Å². The van der Waals surface area contributed by atoms with Gasteiger partial charge in [0.2, 0.25) is 5.91 Å². The molecule has 1 aliphatic heterocycles. The number of aliphatic hydroxyl groups is 1. The predicted octanol–water partition coefficient (Wildman–Crippen LogP) is 2.29. The molecule has 1 aromatic rings. The van der Waals surface area contributed by atoms with E-state index in [1.807, 2.05) is 44.4 Å². The quantitative estimate of drug-likeness (QED) is 0.705. The largest absolute Gasteiger partial charge is 0.394 e. The highest BCUT2D eigenvalue weighted by molar-refractivity contribution is 7.98. The minimum absolute atomic E-state index is 0.0823. The van der Waals surface area contributed by atoms with Crippen molar-refractivity contribution in [1.29, 1.82) is 0 Å². The molecule has 0 aliphatic carbocycles. The molecule has 0 spiro atoms. The Hall–Kier alpha value is -1.53. The van der Waals surface area contributed by atoms with Gasteiger partial charge in [-0.05, 0) is 42.4 Å². The van der Waals surface area contributed by atoms with Crippen LogP contribution in [0, 0.1) is 5.92 Å². The van der Waals surface area contributed by atoms with Gasteiger partial charge in [-0.2, -0.15) is 11.8 Å². The first-order valence-electron chi connectivity index (χ1n) is 8.77. The predicted molar refractivity (Wildman–Crippen MR) is 102 cm³/mol. The van der Waals surface area contributed by atoms with Crippen LogP contribution in [0.5, 0.6) is 0 Å². The van der Waals surface area contributed by atoms with Gasteiger partial charge in [0.05, 0.1) is 12.6 Å². The van der Waals surface area contributed by atoms with Crippen molar-refractivity contribution in [2.45, 2.75) is 45.3 Å². The molecule has 2 N–H and O–H groups in total. The highest BCUT2D eigenvalue weighted by Gasteiger charge is 2.36. The van der Waals surface area contributed by atoms with Gasteiger partial charge in [-0.15, -0.1) is 0 Å². The van der Waals surface area contributed by atoms with Crippen LogP contribution in [0.1, 0.15) is 42.6 Å². The SMILES string of the molecule is CSCCC(CO)NC(=O)C(CC(C)C)N1Cc2ccccc2C1=O. The van der Waals surface area contributed by atoms with Gasteiger partial charge >= 0.3 is 0 Å². The normalized spacial score (nSPS) is 16.0. The number of nitrogens with zero attached hydrogens (tertiary/aromatic N) is 1. The van der Waals surface area contributed by atoms with Gasteiger partial charge in [0.25, 0.3) is 5.91 Å². The molecule has 6 heteroatoms. The smallest absolute Gasteiger partial charge is 0.255 e. The zero-order chi connectivity index (χ0) is 18.4. The third kappa shape index (κ3) is 4.98. The van der Waals surface area contributed by atoms with Crippen molar-refractivity contribution in [3.8, 4) is 0 Å². The Morgan fingerprint density at radius 1 is 1.36 bits per heavy atom. The second-order valence-electron chi connectivity index (χ2n) is 6.91. The molecule has 0 bridgehead atoms. The van der Waals surface area contributed by atoms with E-state index in [1.165, 1.54) is 0 Å². The third-order valence-corrected chi connectivity index (χ3v) is 5.10. The summed E-state index contributed by atoms with van der Waals surface area (Å²) in [5.41, 5.74) is 1.65. The molecular weight excluding hydrogens is 336 g/mol. The molecule has 5 nitrogen and oxygen atoms in total. The van der Waals surface area contributed by atoms with Crippen LogP contribution < -0.4 is 5.32 Å². The van der Waals surface area contributed by atoms with Gasteiger partial charge in [-0.25, -0.2) is 0 Å². The fourth-order valence-electron chi connectivity index (χ4n) is 3.12. The molecule has 1 aromatic carbocycles. The first-order chi connectivity index (χ1) is 12.0. The summed E-state index contributed by atoms with van der Waals surface area (Å²) in [5, 5.41) is 12.5. The molecule has 0 aromatic heterocycles. The van der Waals surface area contributed by atoms with Crippen LogP contribution in [0.3, 0.4) is 0 Å². The average molecular weight is 365 g/mol. The molecule has 2 rings (SSSR count). The van der Waals surface area contributed by atoms with Gasteiger partial charge in [-0.3, -0.25) is 9.59 Å². The third-order valence-electron chi connectivity index (χ3n) is 4.46. The minimum Gasteiger partial charge on any atom is -0.394 e. The molecule has 0 saturated carbocycles. The van der Waals surface area contributed by atoms with Crippen LogP contribution in [-0.4, -0.2) is 52.5 Å². The lowest BCUT2D eigenvalue weighted by molar-refractivity contribution is -0.127. The number of carbonyl (C=O) groups excluding carboxylic acids is 2. The van der Waals surface area contributed by atoms with Crippen LogP contribution in [0.4, 0.5) is 0 Å². The summed E-state index contributed by atoms with van der Waals surface area (Å²) < 4.78 is 0. The Balaban J connectivity index is 2.14. The lowest BCUT2D eigenvalue weighted by Gasteiger charge is -2.30. The fraction of sp³-hybridized carbons (Fsp3) is 0.579. The van der Waals surface area contributed by atoms with E-state index in [0.29, 0.717) is 24.9 Å². The number of rotatable bonds is 9. The molecule has 2 atom stereocenters. The zero-order valence-corrected chi connectivity index (χ0v) is 16.0. The highest BCUT2D eigenvalue weighted by atomic mass is 32.2. The van der Waals surface area contributed by atoms with E-state index in [2.05, 4.69) is 5.32 Å². The molecule has 0 radical (unpaired) electrons. The molecule has 2 unspecified atom stereocenters. The Labute approximate surface area is 154 Å². The van der Waals surface area contributed by atoms with Crippen molar-refractivity contribution < 1.29 is 14.7 Å². The number of hydrogen-bond donors (Lipinski definition) is 2. The van der Waals surface area contributed by atoms with Gasteiger partial charge in [0.15, 0.2) is 0 Å². The summed E-state index contributed by atoms with van der Waals surface area (Å²) >= 11 is 1.68. The van der Waals surface area contributed by atoms with Crippen molar-refractivity contribution >= 4 is 23.6 Å². The number of nitrogens with one attached hydrogen (secondary N) is 1. The Bertz CT molecular complexity index is 606. The number of benzene rings is 1. The van der Waals surface area contributed by atoms with Gasteiger partial charge < -0.3 is 15.3 Å². The molecule has 138 valence electrons. The van der Waals surface area contributed by atoms with Crippen molar-refractivity contribution in [3.63, 3.8) is 0 Å². The van der Waals surface area contributed by atoms with E-state index in [1.54, 1.807) is 16.7 Å². The summed E-state index contributed by atoms with van der Waals surface area (Å²) in [6.45, 7) is 4.47. The first kappa shape index (κ1) is 19.8. The summed E-state index contributed by atoms with van der Waals surface area (Å²) in [4.78, 5) is 27.3. The average Bonchev–Trinajstić information content (AvgIpc) is 2.93. The van der Waals surface area contributed by atoms with Gasteiger partial charge in [0.1, 0.15) is 6.04 Å². The second-order valence-corrected chi connectivity index (χ2v) is 7.89. The van der Waals surface area contributed by atoms with Crippen molar-refractivity contribution in [2.75, 3.05) is 18.6 Å². The number of thioether (sulfide) groups is 1. The van der Waals surface area contributed by atoms with E-state index >= 15 is 0 Å². The molecule has 1 heterocycles. The van der Waals surface area contributed by atoms with Crippen LogP contribution in [0.25, 0.3) is 0 Å². The first-order valence-corrected chi connectivity index (χ1v) is 10.2. The highest BCUT2D eigenvalue weighted by Crippen LogP contribution is 2.27. The molecule has 2 amide bonds. The van der Waals surface area contributed by atoms with Crippen molar-refractivity contribution in [2.24, 2.45) is 5.92 Å². The zero-order valence-electron chi connectivity index (χ0n) is 15.2. The molecular formula is C19H28N2O3S. The lowest BCUT2D eigenvalue weighted by Crippen LogP contribution is -2.51. The van der Waals surface area contributed by atoms with Crippen LogP contribution in [0.2, 0.25) is 0 Å². The Morgan fingerprint density at radius 3 is 2.68 bits per heavy atom.